The summed E-state index contributed by atoms with van der Waals surface area (Å²) in [5.74, 6) is -1.15. The summed E-state index contributed by atoms with van der Waals surface area (Å²) >= 11 is 1.37. The first-order chi connectivity index (χ1) is 13.7. The van der Waals surface area contributed by atoms with Gasteiger partial charge < -0.3 is 9.88 Å². The second kappa shape index (κ2) is 6.85. The van der Waals surface area contributed by atoms with Crippen LogP contribution in [0.4, 0.5) is 5.13 Å². The molecule has 28 heavy (non-hydrogen) atoms. The van der Waals surface area contributed by atoms with Crippen molar-refractivity contribution >= 4 is 49.3 Å². The van der Waals surface area contributed by atoms with Crippen molar-refractivity contribution in [2.24, 2.45) is 0 Å². The highest BCUT2D eigenvalue weighted by Crippen LogP contribution is 2.29. The monoisotopic (exact) mass is 390 g/mol. The van der Waals surface area contributed by atoms with Gasteiger partial charge in [0, 0.05) is 42.7 Å². The number of carbonyl (C=O) groups excluding carboxylic acids is 2. The summed E-state index contributed by atoms with van der Waals surface area (Å²) in [6, 6.07) is 15.4. The molecule has 4 aromatic rings. The van der Waals surface area contributed by atoms with E-state index in [0.717, 1.165) is 46.4 Å². The molecule has 0 bridgehead atoms. The summed E-state index contributed by atoms with van der Waals surface area (Å²) in [4.78, 5) is 30.3. The molecule has 2 aromatic heterocycles. The number of thiazole rings is 1. The molecule has 0 radical (unpaired) electrons. The van der Waals surface area contributed by atoms with E-state index in [1.807, 2.05) is 48.5 Å². The summed E-state index contributed by atoms with van der Waals surface area (Å²) in [7, 11) is 0. The van der Waals surface area contributed by atoms with Gasteiger partial charge in [-0.05, 0) is 18.2 Å². The topological polar surface area (TPSA) is 76.0 Å². The van der Waals surface area contributed by atoms with E-state index >= 15 is 0 Å². The van der Waals surface area contributed by atoms with Gasteiger partial charge >= 0.3 is 0 Å². The van der Waals surface area contributed by atoms with Gasteiger partial charge in [-0.25, -0.2) is 4.98 Å². The van der Waals surface area contributed by atoms with Crippen LogP contribution in [0.15, 0.2) is 48.5 Å². The third-order valence-corrected chi connectivity index (χ3v) is 6.03. The van der Waals surface area contributed by atoms with Gasteiger partial charge in [-0.15, -0.1) is 0 Å². The van der Waals surface area contributed by atoms with E-state index in [1.165, 1.54) is 11.3 Å². The number of hydrogen-bond acceptors (Lipinski definition) is 5. The molecule has 7 heteroatoms. The van der Waals surface area contributed by atoms with Crippen LogP contribution >= 0.6 is 11.3 Å². The van der Waals surface area contributed by atoms with E-state index in [9.17, 15) is 9.59 Å². The second-order valence-corrected chi connectivity index (χ2v) is 7.79. The number of rotatable bonds is 3. The first-order valence-electron chi connectivity index (χ1n) is 9.24. The van der Waals surface area contributed by atoms with Crippen LogP contribution in [0.1, 0.15) is 16.1 Å². The van der Waals surface area contributed by atoms with Crippen LogP contribution in [-0.4, -0.2) is 34.3 Å². The smallest absolute Gasteiger partial charge is 0.298 e. The zero-order chi connectivity index (χ0) is 19.1. The van der Waals surface area contributed by atoms with Gasteiger partial charge in [-0.2, -0.15) is 0 Å². The molecule has 140 valence electrons. The van der Waals surface area contributed by atoms with Gasteiger partial charge in [0.05, 0.1) is 15.8 Å². The lowest BCUT2D eigenvalue weighted by Gasteiger charge is -2.06. The molecule has 2 N–H and O–H groups in total. The molecule has 1 aliphatic rings. The normalized spacial score (nSPS) is 14.0. The zero-order valence-electron chi connectivity index (χ0n) is 15.1. The summed E-state index contributed by atoms with van der Waals surface area (Å²) in [5, 5.41) is 7.33. The predicted octanol–water partition coefficient (Wildman–Crippen LogP) is 3.22. The minimum Gasteiger partial charge on any atom is -0.343 e. The van der Waals surface area contributed by atoms with E-state index < -0.39 is 11.7 Å². The van der Waals surface area contributed by atoms with Crippen molar-refractivity contribution < 1.29 is 9.59 Å². The maximum atomic E-state index is 13.2. The molecule has 0 aliphatic carbocycles. The van der Waals surface area contributed by atoms with Crippen molar-refractivity contribution in [3.05, 3.63) is 59.8 Å². The highest BCUT2D eigenvalue weighted by molar-refractivity contribution is 7.22. The van der Waals surface area contributed by atoms with Crippen LogP contribution in [0.2, 0.25) is 0 Å². The largest absolute Gasteiger partial charge is 0.343 e. The van der Waals surface area contributed by atoms with E-state index in [4.69, 9.17) is 0 Å². The molecular weight excluding hydrogens is 372 g/mol. The molecule has 0 fully saturated rings. The van der Waals surface area contributed by atoms with Crippen LogP contribution in [0.5, 0.6) is 0 Å². The molecule has 0 saturated carbocycles. The fourth-order valence-electron chi connectivity index (χ4n) is 3.84. The number of nitrogens with one attached hydrogen (secondary N) is 2. The van der Waals surface area contributed by atoms with Crippen LogP contribution in [0.25, 0.3) is 21.1 Å². The van der Waals surface area contributed by atoms with Crippen molar-refractivity contribution in [2.75, 3.05) is 18.4 Å². The number of benzene rings is 2. The molecule has 1 aliphatic heterocycles. The minimum absolute atomic E-state index is 0.441. The Bertz CT molecular complexity index is 1190. The SMILES string of the molecule is O=C(Nc1nc2ccccc2s1)C(=O)c1c2n(c3ccccc13)CCNCC2. The number of aromatic nitrogens is 2. The lowest BCUT2D eigenvalue weighted by Crippen LogP contribution is -2.24. The number of fused-ring (bicyclic) bond motifs is 4. The third-order valence-electron chi connectivity index (χ3n) is 5.08. The number of nitrogens with zero attached hydrogens (tertiary/aromatic N) is 2. The van der Waals surface area contributed by atoms with Crippen LogP contribution in [0.3, 0.4) is 0 Å². The highest BCUT2D eigenvalue weighted by atomic mass is 32.1. The maximum absolute atomic E-state index is 13.2. The molecule has 0 saturated heterocycles. The Morgan fingerprint density at radius 1 is 1.07 bits per heavy atom. The van der Waals surface area contributed by atoms with Gasteiger partial charge in [-0.1, -0.05) is 41.7 Å². The van der Waals surface area contributed by atoms with Crippen LogP contribution < -0.4 is 10.6 Å². The molecule has 0 spiro atoms. The van der Waals surface area contributed by atoms with Crippen LogP contribution in [0, 0.1) is 0 Å². The average Bonchev–Trinajstić information content (AvgIpc) is 3.16. The Balaban J connectivity index is 1.53. The fourth-order valence-corrected chi connectivity index (χ4v) is 4.70. The molecule has 6 nitrogen and oxygen atoms in total. The molecular formula is C21H18N4O2S. The number of carbonyl (C=O) groups is 2. The van der Waals surface area contributed by atoms with Crippen molar-refractivity contribution in [3.63, 3.8) is 0 Å². The Hall–Kier alpha value is -3.03. The Morgan fingerprint density at radius 2 is 1.89 bits per heavy atom. The van der Waals surface area contributed by atoms with Gasteiger partial charge in [0.1, 0.15) is 0 Å². The van der Waals surface area contributed by atoms with E-state index in [2.05, 4.69) is 20.2 Å². The number of amides is 1. The highest BCUT2D eigenvalue weighted by Gasteiger charge is 2.28. The molecule has 0 unspecified atom stereocenters. The van der Waals surface area contributed by atoms with E-state index in [1.54, 1.807) is 0 Å². The van der Waals surface area contributed by atoms with Gasteiger partial charge in [0.15, 0.2) is 5.13 Å². The van der Waals surface area contributed by atoms with Gasteiger partial charge in [0.25, 0.3) is 11.7 Å². The first-order valence-corrected chi connectivity index (χ1v) is 10.1. The number of ketones is 1. The van der Waals surface area contributed by atoms with Crippen molar-refractivity contribution in [1.29, 1.82) is 0 Å². The van der Waals surface area contributed by atoms with Crippen molar-refractivity contribution in [3.8, 4) is 0 Å². The quantitative estimate of drug-likeness (QED) is 0.416. The van der Waals surface area contributed by atoms with Crippen molar-refractivity contribution in [1.82, 2.24) is 14.9 Å². The second-order valence-electron chi connectivity index (χ2n) is 6.76. The Kier molecular flexibility index (Phi) is 4.18. The fraction of sp³-hybridized carbons (Fsp3) is 0.190. The summed E-state index contributed by atoms with van der Waals surface area (Å²) < 4.78 is 3.13. The summed E-state index contributed by atoms with van der Waals surface area (Å²) in [6.07, 6.45) is 0.712. The average molecular weight is 390 g/mol. The zero-order valence-corrected chi connectivity index (χ0v) is 15.9. The number of Topliss-reactive ketones (excluding diaryl/α,β-unsaturated/α-hetero) is 1. The first kappa shape index (κ1) is 17.1. The molecule has 3 heterocycles. The van der Waals surface area contributed by atoms with Crippen molar-refractivity contribution in [2.45, 2.75) is 13.0 Å². The Labute approximate surface area is 165 Å². The van der Waals surface area contributed by atoms with E-state index in [0.29, 0.717) is 17.1 Å². The molecule has 0 atom stereocenters. The summed E-state index contributed by atoms with van der Waals surface area (Å²) in [6.45, 7) is 2.41. The maximum Gasteiger partial charge on any atom is 0.298 e. The van der Waals surface area contributed by atoms with Gasteiger partial charge in [-0.3, -0.25) is 14.9 Å². The molecule has 2 aromatic carbocycles. The number of anilines is 1. The summed E-state index contributed by atoms with van der Waals surface area (Å²) in [5.41, 5.74) is 3.25. The standard InChI is InChI=1S/C21H18N4O2S/c26-19(20(27)24-21-23-14-6-2-4-8-17(14)28-21)18-13-5-1-3-7-15(13)25-12-11-22-10-9-16(18)25/h1-8,22H,9-12H2,(H,23,24,27). The molecule has 1 amide bonds. The lowest BCUT2D eigenvalue weighted by molar-refractivity contribution is -0.112. The Morgan fingerprint density at radius 3 is 2.79 bits per heavy atom. The van der Waals surface area contributed by atoms with Gasteiger partial charge in [0.2, 0.25) is 0 Å². The number of para-hydroxylation sites is 2. The predicted molar refractivity (Wildman–Crippen MR) is 111 cm³/mol. The lowest BCUT2D eigenvalue weighted by atomic mass is 10.0. The minimum atomic E-state index is -0.643. The third kappa shape index (κ3) is 2.80. The number of hydrogen-bond donors (Lipinski definition) is 2. The van der Waals surface area contributed by atoms with Crippen LogP contribution in [-0.2, 0) is 17.8 Å². The molecule has 5 rings (SSSR count). The van der Waals surface area contributed by atoms with E-state index in [-0.39, 0.29) is 0 Å².